The van der Waals surface area contributed by atoms with Crippen LogP contribution in [0.25, 0.3) is 0 Å². The second-order valence-electron chi connectivity index (χ2n) is 5.10. The number of rotatable bonds is 1. The Hall–Kier alpha value is -0.0800. The normalized spacial score (nSPS) is 50.5. The summed E-state index contributed by atoms with van der Waals surface area (Å²) in [6.45, 7) is 0. The molecule has 2 bridgehead atoms. The van der Waals surface area contributed by atoms with E-state index in [1.165, 1.54) is 32.1 Å². The zero-order chi connectivity index (χ0) is 8.89. The molecule has 74 valence electrons. The van der Waals surface area contributed by atoms with Gasteiger partial charge in [0, 0.05) is 12.8 Å². The minimum atomic E-state index is -0.345. The monoisotopic (exact) mass is 182 g/mol. The van der Waals surface area contributed by atoms with Crippen LogP contribution in [-0.2, 0) is 4.74 Å². The van der Waals surface area contributed by atoms with E-state index in [1.807, 2.05) is 0 Å². The molecule has 1 saturated carbocycles. The molecule has 3 fully saturated rings. The van der Waals surface area contributed by atoms with Crippen LogP contribution in [0.4, 0.5) is 0 Å². The smallest absolute Gasteiger partial charge is 0.0725 e. The van der Waals surface area contributed by atoms with Gasteiger partial charge in [0.1, 0.15) is 0 Å². The first-order valence-corrected chi connectivity index (χ1v) is 5.64. The van der Waals surface area contributed by atoms with Gasteiger partial charge in [-0.3, -0.25) is 0 Å². The lowest BCUT2D eigenvalue weighted by Crippen LogP contribution is -2.49. The number of aliphatic hydroxyl groups is 1. The van der Waals surface area contributed by atoms with Gasteiger partial charge in [-0.2, -0.15) is 0 Å². The van der Waals surface area contributed by atoms with Crippen LogP contribution in [0.3, 0.4) is 0 Å². The van der Waals surface area contributed by atoms with Crippen molar-refractivity contribution >= 4 is 0 Å². The maximum Gasteiger partial charge on any atom is 0.0725 e. The fourth-order valence-corrected chi connectivity index (χ4v) is 3.23. The lowest BCUT2D eigenvalue weighted by molar-refractivity contribution is -0.152. The highest BCUT2D eigenvalue weighted by atomic mass is 16.5. The van der Waals surface area contributed by atoms with Gasteiger partial charge in [-0.15, -0.1) is 0 Å². The fraction of sp³-hybridized carbons (Fsp3) is 1.00. The minimum Gasteiger partial charge on any atom is -0.389 e. The quantitative estimate of drug-likeness (QED) is 0.670. The van der Waals surface area contributed by atoms with Crippen LogP contribution in [0.15, 0.2) is 0 Å². The Morgan fingerprint density at radius 2 is 1.62 bits per heavy atom. The summed E-state index contributed by atoms with van der Waals surface area (Å²) < 4.78 is 5.75. The molecule has 0 radical (unpaired) electrons. The molecular weight excluding hydrogens is 164 g/mol. The molecule has 0 aromatic heterocycles. The van der Waals surface area contributed by atoms with Crippen LogP contribution in [0.2, 0.25) is 0 Å². The van der Waals surface area contributed by atoms with E-state index < -0.39 is 0 Å². The second-order valence-corrected chi connectivity index (χ2v) is 5.10. The van der Waals surface area contributed by atoms with Gasteiger partial charge in [0.2, 0.25) is 0 Å². The summed E-state index contributed by atoms with van der Waals surface area (Å²) in [4.78, 5) is 0. The predicted octanol–water partition coefficient (Wildman–Crippen LogP) is 1.86. The Labute approximate surface area is 79.3 Å². The molecule has 3 aliphatic rings. The summed E-state index contributed by atoms with van der Waals surface area (Å²) >= 11 is 0. The van der Waals surface area contributed by atoms with E-state index in [1.54, 1.807) is 0 Å². The molecule has 2 saturated heterocycles. The Morgan fingerprint density at radius 1 is 1.00 bits per heavy atom. The molecule has 0 spiro atoms. The van der Waals surface area contributed by atoms with Gasteiger partial charge in [-0.1, -0.05) is 6.42 Å². The standard InChI is InChI=1S/C11H18O2/c12-11(8-2-1-3-8)6-9-4-5-10(7-11)13-9/h8-10,12H,1-7H2. The van der Waals surface area contributed by atoms with Gasteiger partial charge in [-0.25, -0.2) is 0 Å². The summed E-state index contributed by atoms with van der Waals surface area (Å²) in [6, 6.07) is 0. The SMILES string of the molecule is OC1(C2CCC2)CC2CCC(C1)O2. The first kappa shape index (κ1) is 8.25. The van der Waals surface area contributed by atoms with Crippen molar-refractivity contribution in [1.29, 1.82) is 0 Å². The van der Waals surface area contributed by atoms with Crippen molar-refractivity contribution in [1.82, 2.24) is 0 Å². The molecule has 1 aliphatic carbocycles. The summed E-state index contributed by atoms with van der Waals surface area (Å²) in [6.07, 6.45) is 8.75. The molecule has 0 aromatic rings. The maximum absolute atomic E-state index is 10.5. The van der Waals surface area contributed by atoms with Crippen molar-refractivity contribution in [2.45, 2.75) is 62.8 Å². The Balaban J connectivity index is 1.76. The summed E-state index contributed by atoms with van der Waals surface area (Å²) in [7, 11) is 0. The highest BCUT2D eigenvalue weighted by Gasteiger charge is 2.49. The first-order chi connectivity index (χ1) is 6.26. The Morgan fingerprint density at radius 3 is 2.08 bits per heavy atom. The van der Waals surface area contributed by atoms with E-state index in [0.29, 0.717) is 18.1 Å². The number of hydrogen-bond acceptors (Lipinski definition) is 2. The van der Waals surface area contributed by atoms with Crippen LogP contribution in [0, 0.1) is 5.92 Å². The average Bonchev–Trinajstić information content (AvgIpc) is 2.25. The lowest BCUT2D eigenvalue weighted by atomic mass is 9.68. The fourth-order valence-electron chi connectivity index (χ4n) is 3.23. The molecule has 1 N–H and O–H groups in total. The van der Waals surface area contributed by atoms with Gasteiger partial charge in [-0.05, 0) is 31.6 Å². The molecule has 2 nitrogen and oxygen atoms in total. The van der Waals surface area contributed by atoms with Crippen molar-refractivity contribution < 1.29 is 9.84 Å². The Kier molecular flexibility index (Phi) is 1.72. The molecule has 0 amide bonds. The van der Waals surface area contributed by atoms with Gasteiger partial charge < -0.3 is 9.84 Å². The molecule has 2 aliphatic heterocycles. The first-order valence-electron chi connectivity index (χ1n) is 5.64. The zero-order valence-electron chi connectivity index (χ0n) is 8.04. The van der Waals surface area contributed by atoms with Crippen molar-refractivity contribution in [2.75, 3.05) is 0 Å². The molecule has 2 heterocycles. The molecule has 0 aromatic carbocycles. The molecule has 2 atom stereocenters. The van der Waals surface area contributed by atoms with Gasteiger partial charge in [0.25, 0.3) is 0 Å². The molecule has 3 rings (SSSR count). The predicted molar refractivity (Wildman–Crippen MR) is 49.4 cm³/mol. The van der Waals surface area contributed by atoms with Crippen molar-refractivity contribution in [3.63, 3.8) is 0 Å². The Bertz CT molecular complexity index is 198. The van der Waals surface area contributed by atoms with Crippen LogP contribution < -0.4 is 0 Å². The summed E-state index contributed by atoms with van der Waals surface area (Å²) in [5, 5.41) is 10.5. The highest BCUT2D eigenvalue weighted by molar-refractivity contribution is 5.00. The van der Waals surface area contributed by atoms with Crippen molar-refractivity contribution in [3.8, 4) is 0 Å². The van der Waals surface area contributed by atoms with E-state index in [0.717, 1.165) is 12.8 Å². The van der Waals surface area contributed by atoms with Crippen LogP contribution >= 0.6 is 0 Å². The third-order valence-electron chi connectivity index (χ3n) is 4.22. The lowest BCUT2D eigenvalue weighted by Gasteiger charge is -2.46. The second kappa shape index (κ2) is 2.71. The highest BCUT2D eigenvalue weighted by Crippen LogP contribution is 2.47. The topological polar surface area (TPSA) is 29.5 Å². The largest absolute Gasteiger partial charge is 0.389 e. The molecular formula is C11H18O2. The van der Waals surface area contributed by atoms with Gasteiger partial charge >= 0.3 is 0 Å². The van der Waals surface area contributed by atoms with Crippen LogP contribution in [0.1, 0.15) is 44.9 Å². The van der Waals surface area contributed by atoms with E-state index in [4.69, 9.17) is 4.74 Å². The van der Waals surface area contributed by atoms with E-state index in [2.05, 4.69) is 0 Å². The van der Waals surface area contributed by atoms with Crippen molar-refractivity contribution in [3.05, 3.63) is 0 Å². The van der Waals surface area contributed by atoms with Crippen LogP contribution in [-0.4, -0.2) is 22.9 Å². The maximum atomic E-state index is 10.5. The third kappa shape index (κ3) is 1.23. The molecule has 2 unspecified atom stereocenters. The summed E-state index contributed by atoms with van der Waals surface area (Å²) in [5.41, 5.74) is -0.345. The summed E-state index contributed by atoms with van der Waals surface area (Å²) in [5.74, 6) is 0.597. The number of hydrogen-bond donors (Lipinski definition) is 1. The average molecular weight is 182 g/mol. The van der Waals surface area contributed by atoms with Gasteiger partial charge in [0.15, 0.2) is 0 Å². The molecule has 2 heteroatoms. The van der Waals surface area contributed by atoms with Crippen LogP contribution in [0.5, 0.6) is 0 Å². The van der Waals surface area contributed by atoms with E-state index >= 15 is 0 Å². The minimum absolute atomic E-state index is 0.345. The number of fused-ring (bicyclic) bond motifs is 2. The third-order valence-corrected chi connectivity index (χ3v) is 4.22. The zero-order valence-corrected chi connectivity index (χ0v) is 8.04. The number of ether oxygens (including phenoxy) is 1. The van der Waals surface area contributed by atoms with Gasteiger partial charge in [0.05, 0.1) is 17.8 Å². The van der Waals surface area contributed by atoms with Crippen molar-refractivity contribution in [2.24, 2.45) is 5.92 Å². The van der Waals surface area contributed by atoms with E-state index in [9.17, 15) is 5.11 Å². The van der Waals surface area contributed by atoms with E-state index in [-0.39, 0.29) is 5.60 Å². The molecule has 13 heavy (non-hydrogen) atoms.